The third-order valence-corrected chi connectivity index (χ3v) is 12.5. The van der Waals surface area contributed by atoms with Crippen LogP contribution in [0.15, 0.2) is 218 Å². The van der Waals surface area contributed by atoms with E-state index in [-0.39, 0.29) is 0 Å². The maximum Gasteiger partial charge on any atom is 0.0462 e. The summed E-state index contributed by atoms with van der Waals surface area (Å²) in [4.78, 5) is 4.64. The molecule has 11 aromatic rings. The number of hydrogen-bond donors (Lipinski definition) is 0. The van der Waals surface area contributed by atoms with Gasteiger partial charge in [0.05, 0.1) is 0 Å². The highest BCUT2D eigenvalue weighted by Crippen LogP contribution is 2.51. The SMILES string of the molecule is c1ccc(N(c2ccccc2)c2ccc(-c3ccc4c5ccccc5c5ccc(-c6ccc(N(c7ccccc7)c7ccccc7)cc6)c6sc3c4c65)cc2)cc1. The molecule has 0 fully saturated rings. The lowest BCUT2D eigenvalue weighted by Gasteiger charge is -2.25. The van der Waals surface area contributed by atoms with Crippen molar-refractivity contribution in [2.24, 2.45) is 0 Å². The van der Waals surface area contributed by atoms with E-state index in [2.05, 4.69) is 228 Å². The number of anilines is 6. The summed E-state index contributed by atoms with van der Waals surface area (Å²) in [6, 6.07) is 78.9. The van der Waals surface area contributed by atoms with Gasteiger partial charge in [-0.25, -0.2) is 0 Å². The zero-order chi connectivity index (χ0) is 37.7. The summed E-state index contributed by atoms with van der Waals surface area (Å²) in [6.07, 6.45) is 0. The summed E-state index contributed by atoms with van der Waals surface area (Å²) in [7, 11) is 0. The lowest BCUT2D eigenvalue weighted by Crippen LogP contribution is -2.09. The quantitative estimate of drug-likeness (QED) is 0.143. The molecule has 1 heterocycles. The molecule has 57 heavy (non-hydrogen) atoms. The molecular weight excluding hydrogens is 709 g/mol. The predicted molar refractivity (Wildman–Crippen MR) is 246 cm³/mol. The molecule has 0 radical (unpaired) electrons. The Hall–Kier alpha value is -7.20. The van der Waals surface area contributed by atoms with E-state index >= 15 is 0 Å². The van der Waals surface area contributed by atoms with E-state index in [4.69, 9.17) is 0 Å². The van der Waals surface area contributed by atoms with Crippen LogP contribution in [0.5, 0.6) is 0 Å². The van der Waals surface area contributed by atoms with Gasteiger partial charge in [0.25, 0.3) is 0 Å². The molecule has 2 nitrogen and oxygen atoms in total. The van der Waals surface area contributed by atoms with Crippen molar-refractivity contribution in [1.29, 1.82) is 0 Å². The van der Waals surface area contributed by atoms with Crippen LogP contribution in [-0.2, 0) is 0 Å². The molecule has 0 saturated carbocycles. The molecule has 0 aliphatic rings. The molecule has 3 heteroatoms. The lowest BCUT2D eigenvalue weighted by molar-refractivity contribution is 1.28. The molecule has 268 valence electrons. The van der Waals surface area contributed by atoms with E-state index in [0.717, 1.165) is 34.1 Å². The van der Waals surface area contributed by atoms with Gasteiger partial charge in [0.1, 0.15) is 0 Å². The van der Waals surface area contributed by atoms with Gasteiger partial charge in [-0.05, 0) is 117 Å². The van der Waals surface area contributed by atoms with Crippen LogP contribution < -0.4 is 9.80 Å². The van der Waals surface area contributed by atoms with Crippen molar-refractivity contribution < 1.29 is 0 Å². The molecule has 0 N–H and O–H groups in total. The second kappa shape index (κ2) is 13.8. The molecule has 0 bridgehead atoms. The maximum atomic E-state index is 2.35. The molecular formula is C54H36N2S. The van der Waals surface area contributed by atoms with Crippen molar-refractivity contribution in [1.82, 2.24) is 0 Å². The van der Waals surface area contributed by atoms with Crippen molar-refractivity contribution in [3.63, 3.8) is 0 Å². The standard InChI is InChI=1S/C54H36N2S/c1-5-15-39(16-6-1)55(40-17-7-2-8-18-40)43-29-25-37(26-30-43)45-33-35-49-47-23-13-14-24-48(47)50-36-34-46(54-52(50)51(49)53(45)57-54)38-27-31-44(32-28-38)56(41-19-9-3-10-20-41)42-21-11-4-12-22-42/h1-36H. The van der Waals surface area contributed by atoms with Gasteiger partial charge < -0.3 is 9.80 Å². The van der Waals surface area contributed by atoms with Crippen LogP contribution in [-0.4, -0.2) is 0 Å². The highest BCUT2D eigenvalue weighted by atomic mass is 32.1. The molecule has 0 aliphatic heterocycles. The van der Waals surface area contributed by atoms with Crippen LogP contribution in [0.3, 0.4) is 0 Å². The number of nitrogens with zero attached hydrogens (tertiary/aromatic N) is 2. The Morgan fingerprint density at radius 1 is 0.246 bits per heavy atom. The Labute approximate surface area is 336 Å². The van der Waals surface area contributed by atoms with Crippen LogP contribution in [0.2, 0.25) is 0 Å². The van der Waals surface area contributed by atoms with Crippen LogP contribution in [0.1, 0.15) is 0 Å². The monoisotopic (exact) mass is 744 g/mol. The number of fused-ring (bicyclic) bond motifs is 3. The fraction of sp³-hybridized carbons (Fsp3) is 0. The first-order valence-electron chi connectivity index (χ1n) is 19.4. The molecule has 10 aromatic carbocycles. The number of rotatable bonds is 8. The van der Waals surface area contributed by atoms with E-state index in [1.165, 1.54) is 64.0 Å². The van der Waals surface area contributed by atoms with Gasteiger partial charge in [-0.2, -0.15) is 0 Å². The van der Waals surface area contributed by atoms with E-state index in [9.17, 15) is 0 Å². The van der Waals surface area contributed by atoms with Crippen LogP contribution in [0, 0.1) is 0 Å². The largest absolute Gasteiger partial charge is 0.311 e. The normalized spacial score (nSPS) is 11.5. The van der Waals surface area contributed by atoms with Gasteiger partial charge in [0.2, 0.25) is 0 Å². The third-order valence-electron chi connectivity index (χ3n) is 11.2. The first-order valence-corrected chi connectivity index (χ1v) is 20.3. The zero-order valence-corrected chi connectivity index (χ0v) is 31.9. The highest BCUT2D eigenvalue weighted by Gasteiger charge is 2.22. The second-order valence-corrected chi connectivity index (χ2v) is 15.5. The maximum absolute atomic E-state index is 2.35. The average molecular weight is 745 g/mol. The summed E-state index contributed by atoms with van der Waals surface area (Å²) in [5.74, 6) is 0. The van der Waals surface area contributed by atoms with Crippen molar-refractivity contribution in [2.75, 3.05) is 9.80 Å². The summed E-state index contributed by atoms with van der Waals surface area (Å²) in [6.45, 7) is 0. The van der Waals surface area contributed by atoms with E-state index in [1.807, 2.05) is 11.3 Å². The third kappa shape index (κ3) is 5.63. The van der Waals surface area contributed by atoms with Gasteiger partial charge in [0.15, 0.2) is 0 Å². The Bertz CT molecular complexity index is 2850. The molecule has 0 unspecified atom stereocenters. The fourth-order valence-corrected chi connectivity index (χ4v) is 10.0. The molecule has 0 spiro atoms. The molecule has 0 saturated heterocycles. The van der Waals surface area contributed by atoms with Gasteiger partial charge in [-0.15, -0.1) is 11.3 Å². The Balaban J connectivity index is 1.06. The van der Waals surface area contributed by atoms with E-state index in [0.29, 0.717) is 0 Å². The first-order chi connectivity index (χ1) is 28.3. The summed E-state index contributed by atoms with van der Waals surface area (Å²) in [5, 5.41) is 7.95. The summed E-state index contributed by atoms with van der Waals surface area (Å²) >= 11 is 1.93. The smallest absolute Gasteiger partial charge is 0.0462 e. The predicted octanol–water partition coefficient (Wildman–Crippen LogP) is 16.1. The Morgan fingerprint density at radius 2 is 0.544 bits per heavy atom. The minimum Gasteiger partial charge on any atom is -0.311 e. The zero-order valence-electron chi connectivity index (χ0n) is 31.1. The number of thiophene rings is 1. The second-order valence-electron chi connectivity index (χ2n) is 14.5. The summed E-state index contributed by atoms with van der Waals surface area (Å²) < 4.78 is 2.66. The van der Waals surface area contributed by atoms with E-state index in [1.54, 1.807) is 0 Å². The molecule has 0 aliphatic carbocycles. The number of para-hydroxylation sites is 4. The molecule has 11 rings (SSSR count). The average Bonchev–Trinajstić information content (AvgIpc) is 3.69. The molecule has 0 amide bonds. The summed E-state index contributed by atoms with van der Waals surface area (Å²) in [5.41, 5.74) is 11.7. The Kier molecular flexibility index (Phi) is 8.04. The minimum atomic E-state index is 1.13. The van der Waals surface area contributed by atoms with Gasteiger partial charge >= 0.3 is 0 Å². The van der Waals surface area contributed by atoms with Gasteiger partial charge in [-0.3, -0.25) is 0 Å². The first kappa shape index (κ1) is 33.2. The highest BCUT2D eigenvalue weighted by molar-refractivity contribution is 7.27. The molecule has 0 atom stereocenters. The Morgan fingerprint density at radius 3 is 0.877 bits per heavy atom. The molecule has 1 aromatic heterocycles. The van der Waals surface area contributed by atoms with E-state index < -0.39 is 0 Å². The van der Waals surface area contributed by atoms with Crippen LogP contribution >= 0.6 is 11.3 Å². The number of hydrogen-bond acceptors (Lipinski definition) is 3. The van der Waals surface area contributed by atoms with Crippen LogP contribution in [0.25, 0.3) is 64.0 Å². The van der Waals surface area contributed by atoms with Crippen LogP contribution in [0.4, 0.5) is 34.1 Å². The topological polar surface area (TPSA) is 6.48 Å². The minimum absolute atomic E-state index is 1.13. The van der Waals surface area contributed by atoms with Crippen molar-refractivity contribution in [2.45, 2.75) is 0 Å². The van der Waals surface area contributed by atoms with Crippen molar-refractivity contribution in [3.8, 4) is 22.3 Å². The van der Waals surface area contributed by atoms with Gasteiger partial charge in [-0.1, -0.05) is 146 Å². The fourth-order valence-electron chi connectivity index (χ4n) is 8.62. The van der Waals surface area contributed by atoms with Crippen molar-refractivity contribution >= 4 is 87.2 Å². The van der Waals surface area contributed by atoms with Gasteiger partial charge in [0, 0.05) is 54.3 Å². The van der Waals surface area contributed by atoms with Crippen molar-refractivity contribution in [3.05, 3.63) is 218 Å². The number of benzene rings is 10. The lowest BCUT2D eigenvalue weighted by atomic mass is 9.90.